The van der Waals surface area contributed by atoms with Gasteiger partial charge in [0.25, 0.3) is 0 Å². The molecule has 3 aromatic rings. The molecule has 4 heteroatoms. The van der Waals surface area contributed by atoms with Crippen molar-refractivity contribution < 1.29 is 0 Å². The van der Waals surface area contributed by atoms with Crippen molar-refractivity contribution >= 4 is 15.9 Å². The fourth-order valence-electron chi connectivity index (χ4n) is 2.14. The van der Waals surface area contributed by atoms with Gasteiger partial charge < -0.3 is 0 Å². The molecule has 100 valence electrons. The van der Waals surface area contributed by atoms with Gasteiger partial charge in [0.15, 0.2) is 5.82 Å². The second kappa shape index (κ2) is 5.59. The molecule has 0 bridgehead atoms. The van der Waals surface area contributed by atoms with Crippen LogP contribution in [0.2, 0.25) is 0 Å². The third kappa shape index (κ3) is 2.39. The van der Waals surface area contributed by atoms with E-state index < -0.39 is 0 Å². The van der Waals surface area contributed by atoms with Crippen LogP contribution >= 0.6 is 15.9 Å². The lowest BCUT2D eigenvalue weighted by molar-refractivity contribution is 0.962. The number of halogens is 1. The summed E-state index contributed by atoms with van der Waals surface area (Å²) in [4.78, 5) is 0. The van der Waals surface area contributed by atoms with Gasteiger partial charge in [0, 0.05) is 11.3 Å². The molecular weight excluding hydrogens is 314 g/mol. The van der Waals surface area contributed by atoms with Crippen molar-refractivity contribution in [2.45, 2.75) is 12.3 Å². The SMILES string of the molecule is Cc1ccc(-c2nnc(CBr)n2-c2ccccc2)cc1. The van der Waals surface area contributed by atoms with Crippen molar-refractivity contribution in [3.8, 4) is 17.1 Å². The minimum absolute atomic E-state index is 0.667. The number of hydrogen-bond acceptors (Lipinski definition) is 2. The predicted molar refractivity (Wildman–Crippen MR) is 84.2 cm³/mol. The van der Waals surface area contributed by atoms with E-state index in [4.69, 9.17) is 0 Å². The molecular formula is C16H14BrN3. The molecule has 0 unspecified atom stereocenters. The monoisotopic (exact) mass is 327 g/mol. The smallest absolute Gasteiger partial charge is 0.168 e. The molecule has 0 fully saturated rings. The summed E-state index contributed by atoms with van der Waals surface area (Å²) < 4.78 is 2.08. The molecule has 0 spiro atoms. The maximum atomic E-state index is 4.35. The lowest BCUT2D eigenvalue weighted by atomic mass is 10.1. The third-order valence-electron chi connectivity index (χ3n) is 3.17. The number of hydrogen-bond donors (Lipinski definition) is 0. The fraction of sp³-hybridized carbons (Fsp3) is 0.125. The molecule has 0 aliphatic rings. The lowest BCUT2D eigenvalue weighted by Gasteiger charge is -2.09. The van der Waals surface area contributed by atoms with Crippen molar-refractivity contribution in [3.63, 3.8) is 0 Å². The van der Waals surface area contributed by atoms with Crippen molar-refractivity contribution in [1.82, 2.24) is 14.8 Å². The van der Waals surface area contributed by atoms with Gasteiger partial charge in [-0.3, -0.25) is 4.57 Å². The van der Waals surface area contributed by atoms with Crippen molar-refractivity contribution in [3.05, 3.63) is 66.0 Å². The Morgan fingerprint density at radius 2 is 1.65 bits per heavy atom. The van der Waals surface area contributed by atoms with E-state index in [0.717, 1.165) is 22.9 Å². The van der Waals surface area contributed by atoms with E-state index >= 15 is 0 Å². The van der Waals surface area contributed by atoms with Crippen LogP contribution in [-0.4, -0.2) is 14.8 Å². The highest BCUT2D eigenvalue weighted by Crippen LogP contribution is 2.24. The number of rotatable bonds is 3. The molecule has 3 rings (SSSR count). The Morgan fingerprint density at radius 1 is 0.950 bits per heavy atom. The van der Waals surface area contributed by atoms with Crippen LogP contribution in [0.5, 0.6) is 0 Å². The summed E-state index contributed by atoms with van der Waals surface area (Å²) >= 11 is 3.48. The van der Waals surface area contributed by atoms with Gasteiger partial charge in [-0.25, -0.2) is 0 Å². The van der Waals surface area contributed by atoms with Gasteiger partial charge in [0.1, 0.15) is 5.82 Å². The lowest BCUT2D eigenvalue weighted by Crippen LogP contribution is -2.01. The highest BCUT2D eigenvalue weighted by molar-refractivity contribution is 9.08. The standard InChI is InChI=1S/C16H14BrN3/c1-12-7-9-13(10-8-12)16-19-18-15(11-17)20(16)14-5-3-2-4-6-14/h2-10H,11H2,1H3. The molecule has 0 N–H and O–H groups in total. The zero-order valence-corrected chi connectivity index (χ0v) is 12.7. The normalized spacial score (nSPS) is 10.7. The first-order valence-electron chi connectivity index (χ1n) is 6.42. The molecule has 0 aliphatic carbocycles. The van der Waals surface area contributed by atoms with Crippen LogP contribution < -0.4 is 0 Å². The zero-order chi connectivity index (χ0) is 13.9. The number of para-hydroxylation sites is 1. The van der Waals surface area contributed by atoms with E-state index in [1.807, 2.05) is 18.2 Å². The van der Waals surface area contributed by atoms with E-state index in [1.165, 1.54) is 5.56 Å². The number of aryl methyl sites for hydroxylation is 1. The van der Waals surface area contributed by atoms with E-state index in [9.17, 15) is 0 Å². The van der Waals surface area contributed by atoms with Gasteiger partial charge in [-0.15, -0.1) is 10.2 Å². The van der Waals surface area contributed by atoms with Crippen LogP contribution in [-0.2, 0) is 5.33 Å². The summed E-state index contributed by atoms with van der Waals surface area (Å²) in [6.07, 6.45) is 0. The molecule has 0 radical (unpaired) electrons. The van der Waals surface area contributed by atoms with E-state index in [0.29, 0.717) is 5.33 Å². The molecule has 0 aliphatic heterocycles. The van der Waals surface area contributed by atoms with E-state index in [1.54, 1.807) is 0 Å². The first kappa shape index (κ1) is 13.1. The van der Waals surface area contributed by atoms with Crippen molar-refractivity contribution in [2.24, 2.45) is 0 Å². The minimum atomic E-state index is 0.667. The maximum absolute atomic E-state index is 4.35. The summed E-state index contributed by atoms with van der Waals surface area (Å²) in [5.41, 5.74) is 3.38. The Morgan fingerprint density at radius 3 is 2.30 bits per heavy atom. The molecule has 1 heterocycles. The molecule has 0 saturated carbocycles. The third-order valence-corrected chi connectivity index (χ3v) is 3.68. The topological polar surface area (TPSA) is 30.7 Å². The van der Waals surface area contributed by atoms with Crippen LogP contribution in [0.3, 0.4) is 0 Å². The van der Waals surface area contributed by atoms with Crippen LogP contribution in [0.25, 0.3) is 17.1 Å². The number of alkyl halides is 1. The Hall–Kier alpha value is -1.94. The van der Waals surface area contributed by atoms with Crippen LogP contribution in [0, 0.1) is 6.92 Å². The number of benzene rings is 2. The zero-order valence-electron chi connectivity index (χ0n) is 11.1. The second-order valence-corrected chi connectivity index (χ2v) is 5.17. The van der Waals surface area contributed by atoms with Gasteiger partial charge >= 0.3 is 0 Å². The summed E-state index contributed by atoms with van der Waals surface area (Å²) in [5.74, 6) is 1.76. The summed E-state index contributed by atoms with van der Waals surface area (Å²) in [5, 5.41) is 9.29. The fourth-order valence-corrected chi connectivity index (χ4v) is 2.50. The molecule has 2 aromatic carbocycles. The second-order valence-electron chi connectivity index (χ2n) is 4.61. The molecule has 20 heavy (non-hydrogen) atoms. The van der Waals surface area contributed by atoms with Gasteiger partial charge in [-0.05, 0) is 19.1 Å². The summed E-state index contributed by atoms with van der Waals surface area (Å²) in [7, 11) is 0. The summed E-state index contributed by atoms with van der Waals surface area (Å²) in [6, 6.07) is 18.5. The average molecular weight is 328 g/mol. The predicted octanol–water partition coefficient (Wildman–Crippen LogP) is 4.14. The average Bonchev–Trinajstić information content (AvgIpc) is 2.93. The quantitative estimate of drug-likeness (QED) is 0.677. The Labute approximate surface area is 126 Å². The first-order valence-corrected chi connectivity index (χ1v) is 7.54. The minimum Gasteiger partial charge on any atom is -0.278 e. The maximum Gasteiger partial charge on any atom is 0.168 e. The first-order chi connectivity index (χ1) is 9.79. The van der Waals surface area contributed by atoms with Crippen molar-refractivity contribution in [1.29, 1.82) is 0 Å². The van der Waals surface area contributed by atoms with Gasteiger partial charge in [-0.1, -0.05) is 64.0 Å². The van der Waals surface area contributed by atoms with E-state index in [2.05, 4.69) is 74.0 Å². The molecule has 0 saturated heterocycles. The Balaban J connectivity index is 2.17. The van der Waals surface area contributed by atoms with Crippen LogP contribution in [0.15, 0.2) is 54.6 Å². The Kier molecular flexibility index (Phi) is 3.65. The molecule has 1 aromatic heterocycles. The summed E-state index contributed by atoms with van der Waals surface area (Å²) in [6.45, 7) is 2.08. The van der Waals surface area contributed by atoms with Gasteiger partial charge in [0.05, 0.1) is 5.33 Å². The highest BCUT2D eigenvalue weighted by atomic mass is 79.9. The Bertz CT molecular complexity index is 702. The number of aromatic nitrogens is 3. The van der Waals surface area contributed by atoms with Crippen LogP contribution in [0.1, 0.15) is 11.4 Å². The van der Waals surface area contributed by atoms with Crippen LogP contribution in [0.4, 0.5) is 0 Å². The number of nitrogens with zero attached hydrogens (tertiary/aromatic N) is 3. The van der Waals surface area contributed by atoms with Gasteiger partial charge in [-0.2, -0.15) is 0 Å². The largest absolute Gasteiger partial charge is 0.278 e. The molecule has 0 atom stereocenters. The molecule has 3 nitrogen and oxygen atoms in total. The van der Waals surface area contributed by atoms with E-state index in [-0.39, 0.29) is 0 Å². The van der Waals surface area contributed by atoms with Crippen molar-refractivity contribution in [2.75, 3.05) is 0 Å². The highest BCUT2D eigenvalue weighted by Gasteiger charge is 2.14. The van der Waals surface area contributed by atoms with Gasteiger partial charge in [0.2, 0.25) is 0 Å². The molecule has 0 amide bonds.